The van der Waals surface area contributed by atoms with Gasteiger partial charge in [-0.05, 0) is 54.1 Å². The number of ether oxygens (including phenoxy) is 3. The normalized spacial score (nSPS) is 10.9. The topological polar surface area (TPSA) is 73.4 Å². The largest absolute Gasteiger partial charge is 0.497 e. The molecule has 0 saturated heterocycles. The van der Waals surface area contributed by atoms with E-state index in [4.69, 9.17) is 19.2 Å². The molecule has 0 aliphatic carbocycles. The first kappa shape index (κ1) is 22.7. The summed E-state index contributed by atoms with van der Waals surface area (Å²) in [6, 6.07) is 25.2. The van der Waals surface area contributed by atoms with Crippen molar-refractivity contribution in [3.05, 3.63) is 105 Å². The van der Waals surface area contributed by atoms with Crippen molar-refractivity contribution < 1.29 is 14.2 Å². The van der Waals surface area contributed by atoms with Crippen molar-refractivity contribution >= 4 is 21.6 Å². The number of hydrogen-bond acceptors (Lipinski definition) is 6. The summed E-state index contributed by atoms with van der Waals surface area (Å²) in [4.78, 5) is 22.4. The zero-order chi connectivity index (χ0) is 24.2. The van der Waals surface area contributed by atoms with Crippen LogP contribution in [0.4, 0.5) is 0 Å². The van der Waals surface area contributed by atoms with Gasteiger partial charge in [-0.1, -0.05) is 30.3 Å². The van der Waals surface area contributed by atoms with E-state index in [9.17, 15) is 4.79 Å². The first-order chi connectivity index (χ1) is 17.1. The third-order valence-electron chi connectivity index (χ3n) is 5.68. The Morgan fingerprint density at radius 2 is 1.66 bits per heavy atom. The number of aromatic nitrogens is 2. The van der Waals surface area contributed by atoms with Gasteiger partial charge in [0.2, 0.25) is 0 Å². The van der Waals surface area contributed by atoms with Crippen molar-refractivity contribution in [1.82, 2.24) is 9.97 Å². The minimum atomic E-state index is -0.146. The van der Waals surface area contributed by atoms with Gasteiger partial charge in [-0.25, -0.2) is 4.98 Å². The number of H-pyrrole nitrogens is 1. The number of rotatable bonds is 8. The molecule has 0 saturated carbocycles. The number of methoxy groups -OCH3 is 2. The van der Waals surface area contributed by atoms with Crippen LogP contribution in [0.5, 0.6) is 17.2 Å². The first-order valence-corrected chi connectivity index (χ1v) is 12.0. The molecular formula is C28H24N2O4S. The second-order valence-electron chi connectivity index (χ2n) is 8.00. The van der Waals surface area contributed by atoms with Crippen LogP contribution in [-0.4, -0.2) is 24.2 Å². The maximum atomic E-state index is 12.9. The van der Waals surface area contributed by atoms with Gasteiger partial charge in [-0.15, -0.1) is 11.3 Å². The van der Waals surface area contributed by atoms with Gasteiger partial charge in [-0.2, -0.15) is 0 Å². The fraction of sp³-hybridized carbons (Fsp3) is 0.143. The Hall–Kier alpha value is -4.10. The molecule has 35 heavy (non-hydrogen) atoms. The number of benzene rings is 3. The Balaban J connectivity index is 1.42. The Kier molecular flexibility index (Phi) is 6.50. The second-order valence-corrected chi connectivity index (χ2v) is 9.11. The monoisotopic (exact) mass is 484 g/mol. The molecule has 0 amide bonds. The van der Waals surface area contributed by atoms with Crippen LogP contribution in [0.1, 0.15) is 16.0 Å². The van der Waals surface area contributed by atoms with E-state index in [0.717, 1.165) is 38.8 Å². The van der Waals surface area contributed by atoms with E-state index < -0.39 is 0 Å². The predicted octanol–water partition coefficient (Wildman–Crippen LogP) is 5.84. The molecule has 176 valence electrons. The van der Waals surface area contributed by atoms with Crippen LogP contribution < -0.4 is 19.8 Å². The van der Waals surface area contributed by atoms with E-state index in [1.54, 1.807) is 25.6 Å². The predicted molar refractivity (Wildman–Crippen MR) is 139 cm³/mol. The average molecular weight is 485 g/mol. The molecule has 6 nitrogen and oxygen atoms in total. The minimum absolute atomic E-state index is 0.146. The van der Waals surface area contributed by atoms with Crippen molar-refractivity contribution in [2.24, 2.45) is 0 Å². The average Bonchev–Trinajstić information content (AvgIpc) is 3.31. The molecule has 0 radical (unpaired) electrons. The first-order valence-electron chi connectivity index (χ1n) is 11.1. The van der Waals surface area contributed by atoms with Gasteiger partial charge in [0, 0.05) is 22.4 Å². The molecule has 0 bridgehead atoms. The maximum absolute atomic E-state index is 12.9. The van der Waals surface area contributed by atoms with E-state index in [1.165, 1.54) is 5.56 Å². The molecule has 2 heterocycles. The standard InChI is InChI=1S/C28H24N2O4S/c1-32-21-9-11-22(12-10-21)34-17-20-15-19(8-13-25(20)33-2)26-29-27(31)24-16-23(35-28(24)30-26)14-18-6-4-3-5-7-18/h3-13,15-16H,14,17H2,1-2H3,(H,29,30,31). The van der Waals surface area contributed by atoms with Crippen molar-refractivity contribution in [2.75, 3.05) is 14.2 Å². The van der Waals surface area contributed by atoms with Gasteiger partial charge in [0.05, 0.1) is 19.6 Å². The van der Waals surface area contributed by atoms with Gasteiger partial charge in [0.15, 0.2) is 0 Å². The lowest BCUT2D eigenvalue weighted by molar-refractivity contribution is 0.296. The third kappa shape index (κ3) is 5.05. The highest BCUT2D eigenvalue weighted by Gasteiger charge is 2.13. The summed E-state index contributed by atoms with van der Waals surface area (Å²) < 4.78 is 16.7. The zero-order valence-electron chi connectivity index (χ0n) is 19.4. The van der Waals surface area contributed by atoms with E-state index in [-0.39, 0.29) is 5.56 Å². The molecule has 0 atom stereocenters. The molecule has 2 aromatic heterocycles. The van der Waals surface area contributed by atoms with Gasteiger partial charge < -0.3 is 19.2 Å². The lowest BCUT2D eigenvalue weighted by Crippen LogP contribution is -2.08. The highest BCUT2D eigenvalue weighted by molar-refractivity contribution is 7.18. The number of nitrogens with one attached hydrogen (secondary N) is 1. The van der Waals surface area contributed by atoms with Crippen molar-refractivity contribution in [3.8, 4) is 28.6 Å². The molecule has 7 heteroatoms. The highest BCUT2D eigenvalue weighted by atomic mass is 32.1. The number of aromatic amines is 1. The Labute approximate surface area is 206 Å². The van der Waals surface area contributed by atoms with Gasteiger partial charge in [0.25, 0.3) is 5.56 Å². The second kappa shape index (κ2) is 10.0. The quantitative estimate of drug-likeness (QED) is 0.300. The van der Waals surface area contributed by atoms with E-state index in [1.807, 2.05) is 66.7 Å². The SMILES string of the molecule is COc1ccc(OCc2cc(-c3nc4sc(Cc5ccccc5)cc4c(=O)[nH]3)ccc2OC)cc1. The van der Waals surface area contributed by atoms with Gasteiger partial charge in [0.1, 0.15) is 34.5 Å². The lowest BCUT2D eigenvalue weighted by atomic mass is 10.1. The summed E-state index contributed by atoms with van der Waals surface area (Å²) in [7, 11) is 3.25. The fourth-order valence-electron chi connectivity index (χ4n) is 3.87. The molecule has 0 unspecified atom stereocenters. The third-order valence-corrected chi connectivity index (χ3v) is 6.71. The molecule has 5 rings (SSSR count). The molecule has 3 aromatic carbocycles. The molecule has 0 aliphatic heterocycles. The maximum Gasteiger partial charge on any atom is 0.259 e. The highest BCUT2D eigenvalue weighted by Crippen LogP contribution is 2.29. The van der Waals surface area contributed by atoms with Crippen LogP contribution in [0.25, 0.3) is 21.6 Å². The number of thiophene rings is 1. The molecule has 0 fully saturated rings. The summed E-state index contributed by atoms with van der Waals surface area (Å²) in [5, 5.41) is 0.612. The van der Waals surface area contributed by atoms with Gasteiger partial charge >= 0.3 is 0 Å². The molecule has 5 aromatic rings. The van der Waals surface area contributed by atoms with E-state index in [2.05, 4.69) is 17.1 Å². The van der Waals surface area contributed by atoms with Crippen molar-refractivity contribution in [1.29, 1.82) is 0 Å². The Morgan fingerprint density at radius 3 is 2.40 bits per heavy atom. The fourth-order valence-corrected chi connectivity index (χ4v) is 4.94. The minimum Gasteiger partial charge on any atom is -0.497 e. The molecular weight excluding hydrogens is 460 g/mol. The smallest absolute Gasteiger partial charge is 0.259 e. The van der Waals surface area contributed by atoms with Crippen LogP contribution in [-0.2, 0) is 13.0 Å². The van der Waals surface area contributed by atoms with E-state index in [0.29, 0.717) is 23.6 Å². The van der Waals surface area contributed by atoms with Crippen LogP contribution in [0.2, 0.25) is 0 Å². The summed E-state index contributed by atoms with van der Waals surface area (Å²) in [5.74, 6) is 2.70. The summed E-state index contributed by atoms with van der Waals surface area (Å²) in [6.07, 6.45) is 0.770. The lowest BCUT2D eigenvalue weighted by Gasteiger charge is -2.12. The van der Waals surface area contributed by atoms with E-state index >= 15 is 0 Å². The number of nitrogens with zero attached hydrogens (tertiary/aromatic N) is 1. The van der Waals surface area contributed by atoms with Crippen LogP contribution in [0.15, 0.2) is 83.7 Å². The van der Waals surface area contributed by atoms with Gasteiger partial charge in [-0.3, -0.25) is 4.79 Å². The molecule has 1 N–H and O–H groups in total. The van der Waals surface area contributed by atoms with Crippen LogP contribution in [0, 0.1) is 0 Å². The number of hydrogen-bond donors (Lipinski definition) is 1. The van der Waals surface area contributed by atoms with Crippen LogP contribution in [0.3, 0.4) is 0 Å². The summed E-state index contributed by atoms with van der Waals surface area (Å²) >= 11 is 1.55. The van der Waals surface area contributed by atoms with Crippen LogP contribution >= 0.6 is 11.3 Å². The summed E-state index contributed by atoms with van der Waals surface area (Å²) in [6.45, 7) is 0.302. The van der Waals surface area contributed by atoms with Crippen molar-refractivity contribution in [3.63, 3.8) is 0 Å². The zero-order valence-corrected chi connectivity index (χ0v) is 20.2. The molecule has 0 spiro atoms. The number of fused-ring (bicyclic) bond motifs is 1. The Bertz CT molecular complexity index is 1510. The summed E-state index contributed by atoms with van der Waals surface area (Å²) in [5.41, 5.74) is 2.69. The van der Waals surface area contributed by atoms with Crippen molar-refractivity contribution in [2.45, 2.75) is 13.0 Å². The Morgan fingerprint density at radius 1 is 0.886 bits per heavy atom. The molecule has 0 aliphatic rings.